The summed E-state index contributed by atoms with van der Waals surface area (Å²) in [6.07, 6.45) is 2.41. The smallest absolute Gasteiger partial charge is 0.225 e. The van der Waals surface area contributed by atoms with Crippen molar-refractivity contribution in [3.05, 3.63) is 12.1 Å². The van der Waals surface area contributed by atoms with Gasteiger partial charge in [-0.2, -0.15) is 0 Å². The monoisotopic (exact) mass is 318 g/mol. The number of fused-ring (bicyclic) bond motifs is 1. The topological polar surface area (TPSA) is 59.6 Å². The summed E-state index contributed by atoms with van der Waals surface area (Å²) in [4.78, 5) is 12.7. The number of hydrogen-bond donors (Lipinski definition) is 2. The standard InChI is InChI=1S/C13H18N2O3S.ClH/c1-14-4-3-13(16)15-9-7-10-11(8-12(9)19-2)18-6-5-17-10;/h7-8,14H,3-6H2,1-2H3,(H,15,16);1H. The molecule has 0 fully saturated rings. The highest BCUT2D eigenvalue weighted by Crippen LogP contribution is 2.39. The Morgan fingerprint density at radius 3 is 2.55 bits per heavy atom. The van der Waals surface area contributed by atoms with Crippen molar-refractivity contribution in [2.45, 2.75) is 11.3 Å². The zero-order valence-corrected chi connectivity index (χ0v) is 13.2. The van der Waals surface area contributed by atoms with E-state index in [2.05, 4.69) is 10.6 Å². The quantitative estimate of drug-likeness (QED) is 0.815. The number of thioether (sulfide) groups is 1. The van der Waals surface area contributed by atoms with E-state index in [0.29, 0.717) is 31.9 Å². The van der Waals surface area contributed by atoms with Gasteiger partial charge >= 0.3 is 0 Å². The minimum absolute atomic E-state index is 0. The van der Waals surface area contributed by atoms with Crippen LogP contribution in [0.2, 0.25) is 0 Å². The highest BCUT2D eigenvalue weighted by atomic mass is 35.5. The van der Waals surface area contributed by atoms with Crippen molar-refractivity contribution < 1.29 is 14.3 Å². The Labute approximate surface area is 129 Å². The predicted molar refractivity (Wildman–Crippen MR) is 83.6 cm³/mol. The van der Waals surface area contributed by atoms with Crippen molar-refractivity contribution in [3.8, 4) is 11.5 Å². The molecular formula is C13H19ClN2O3S. The molecule has 0 aromatic heterocycles. The van der Waals surface area contributed by atoms with Crippen LogP contribution in [0.4, 0.5) is 5.69 Å². The molecule has 0 saturated carbocycles. The number of ether oxygens (including phenoxy) is 2. The van der Waals surface area contributed by atoms with Gasteiger partial charge in [-0.1, -0.05) is 0 Å². The van der Waals surface area contributed by atoms with Crippen molar-refractivity contribution >= 4 is 35.8 Å². The highest BCUT2D eigenvalue weighted by Gasteiger charge is 2.16. The molecule has 1 amide bonds. The summed E-state index contributed by atoms with van der Waals surface area (Å²) in [6.45, 7) is 1.76. The summed E-state index contributed by atoms with van der Waals surface area (Å²) in [7, 11) is 1.82. The van der Waals surface area contributed by atoms with Gasteiger partial charge in [0.05, 0.1) is 5.69 Å². The number of hydrogen-bond acceptors (Lipinski definition) is 5. The van der Waals surface area contributed by atoms with Crippen LogP contribution >= 0.6 is 24.2 Å². The van der Waals surface area contributed by atoms with Crippen LogP contribution in [0.1, 0.15) is 6.42 Å². The maximum atomic E-state index is 11.8. The lowest BCUT2D eigenvalue weighted by atomic mass is 10.2. The van der Waals surface area contributed by atoms with E-state index in [4.69, 9.17) is 9.47 Å². The molecule has 0 unspecified atom stereocenters. The first-order valence-corrected chi connectivity index (χ1v) is 7.39. The van der Waals surface area contributed by atoms with Crippen LogP contribution in [0.15, 0.2) is 17.0 Å². The van der Waals surface area contributed by atoms with Crippen molar-refractivity contribution in [1.82, 2.24) is 5.32 Å². The summed E-state index contributed by atoms with van der Waals surface area (Å²) in [5.41, 5.74) is 0.776. The van der Waals surface area contributed by atoms with Gasteiger partial charge in [-0.05, 0) is 19.4 Å². The first-order valence-electron chi connectivity index (χ1n) is 6.16. The van der Waals surface area contributed by atoms with E-state index in [9.17, 15) is 4.79 Å². The molecule has 0 bridgehead atoms. The Kier molecular flexibility index (Phi) is 6.98. The number of rotatable bonds is 5. The third-order valence-corrected chi connectivity index (χ3v) is 3.52. The van der Waals surface area contributed by atoms with E-state index in [0.717, 1.165) is 16.3 Å². The molecule has 2 rings (SSSR count). The van der Waals surface area contributed by atoms with Crippen LogP contribution in [-0.4, -0.2) is 39.0 Å². The minimum atomic E-state index is -0.0127. The van der Waals surface area contributed by atoms with Crippen LogP contribution in [0.25, 0.3) is 0 Å². The molecule has 1 heterocycles. The van der Waals surface area contributed by atoms with Gasteiger partial charge in [0.25, 0.3) is 0 Å². The summed E-state index contributed by atoms with van der Waals surface area (Å²) in [6, 6.07) is 3.74. The highest BCUT2D eigenvalue weighted by molar-refractivity contribution is 7.98. The maximum absolute atomic E-state index is 11.8. The molecule has 7 heteroatoms. The second-order valence-corrected chi connectivity index (χ2v) is 4.95. The molecule has 0 aliphatic carbocycles. The summed E-state index contributed by atoms with van der Waals surface area (Å²) < 4.78 is 11.1. The van der Waals surface area contributed by atoms with Gasteiger partial charge in [0.2, 0.25) is 5.91 Å². The zero-order valence-electron chi connectivity index (χ0n) is 11.5. The molecule has 1 aromatic rings. The Bertz CT molecular complexity index is 471. The van der Waals surface area contributed by atoms with Crippen molar-refractivity contribution in [1.29, 1.82) is 0 Å². The Balaban J connectivity index is 0.00000200. The lowest BCUT2D eigenvalue weighted by Crippen LogP contribution is -2.20. The lowest BCUT2D eigenvalue weighted by Gasteiger charge is -2.21. The summed E-state index contributed by atoms with van der Waals surface area (Å²) in [5.74, 6) is 1.41. The third-order valence-electron chi connectivity index (χ3n) is 2.74. The van der Waals surface area contributed by atoms with Crippen molar-refractivity contribution in [2.24, 2.45) is 0 Å². The average molecular weight is 319 g/mol. The largest absolute Gasteiger partial charge is 0.486 e. The normalized spacial score (nSPS) is 12.5. The molecule has 1 aliphatic rings. The van der Waals surface area contributed by atoms with Gasteiger partial charge in [0.1, 0.15) is 13.2 Å². The number of halogens is 1. The fraction of sp³-hybridized carbons (Fsp3) is 0.462. The molecule has 1 aromatic carbocycles. The minimum Gasteiger partial charge on any atom is -0.486 e. The number of nitrogens with one attached hydrogen (secondary N) is 2. The fourth-order valence-corrected chi connectivity index (χ4v) is 2.34. The average Bonchev–Trinajstić information content (AvgIpc) is 2.44. The number of benzene rings is 1. The van der Waals surface area contributed by atoms with E-state index >= 15 is 0 Å². The van der Waals surface area contributed by atoms with E-state index in [1.54, 1.807) is 11.8 Å². The van der Waals surface area contributed by atoms with E-state index in [1.807, 2.05) is 25.4 Å². The number of carbonyl (C=O) groups excluding carboxylic acids is 1. The summed E-state index contributed by atoms with van der Waals surface area (Å²) in [5, 5.41) is 5.86. The van der Waals surface area contributed by atoms with Crippen LogP contribution in [-0.2, 0) is 4.79 Å². The molecule has 0 spiro atoms. The summed E-state index contributed by atoms with van der Waals surface area (Å²) >= 11 is 1.57. The van der Waals surface area contributed by atoms with Crippen LogP contribution < -0.4 is 20.1 Å². The van der Waals surface area contributed by atoms with Crippen LogP contribution in [0.5, 0.6) is 11.5 Å². The number of carbonyl (C=O) groups is 1. The second kappa shape index (κ2) is 8.24. The van der Waals surface area contributed by atoms with Gasteiger partial charge in [0.15, 0.2) is 11.5 Å². The van der Waals surface area contributed by atoms with Crippen LogP contribution in [0, 0.1) is 0 Å². The van der Waals surface area contributed by atoms with Crippen molar-refractivity contribution in [2.75, 3.05) is 38.4 Å². The van der Waals surface area contributed by atoms with Gasteiger partial charge < -0.3 is 20.1 Å². The van der Waals surface area contributed by atoms with Gasteiger partial charge in [-0.15, -0.1) is 24.2 Å². The molecule has 1 aliphatic heterocycles. The molecule has 5 nitrogen and oxygen atoms in total. The molecule has 20 heavy (non-hydrogen) atoms. The van der Waals surface area contributed by atoms with E-state index < -0.39 is 0 Å². The van der Waals surface area contributed by atoms with E-state index in [-0.39, 0.29) is 18.3 Å². The second-order valence-electron chi connectivity index (χ2n) is 4.10. The first kappa shape index (κ1) is 16.9. The molecular weight excluding hydrogens is 300 g/mol. The molecule has 0 atom stereocenters. The number of anilines is 1. The lowest BCUT2D eigenvalue weighted by molar-refractivity contribution is -0.116. The SMILES string of the molecule is CNCCC(=O)Nc1cc2c(cc1SC)OCCO2.Cl. The molecule has 2 N–H and O–H groups in total. The van der Waals surface area contributed by atoms with Crippen molar-refractivity contribution in [3.63, 3.8) is 0 Å². The Hall–Kier alpha value is -1.11. The maximum Gasteiger partial charge on any atom is 0.225 e. The molecule has 112 valence electrons. The Morgan fingerprint density at radius 1 is 1.30 bits per heavy atom. The Morgan fingerprint density at radius 2 is 1.95 bits per heavy atom. The van der Waals surface area contributed by atoms with Gasteiger partial charge in [0, 0.05) is 23.9 Å². The van der Waals surface area contributed by atoms with Gasteiger partial charge in [-0.3, -0.25) is 4.79 Å². The van der Waals surface area contributed by atoms with E-state index in [1.165, 1.54) is 0 Å². The van der Waals surface area contributed by atoms with Gasteiger partial charge in [-0.25, -0.2) is 0 Å². The predicted octanol–water partition coefficient (Wildman–Crippen LogP) is 2.15. The first-order chi connectivity index (χ1) is 9.24. The zero-order chi connectivity index (χ0) is 13.7. The third kappa shape index (κ3) is 4.19. The fourth-order valence-electron chi connectivity index (χ4n) is 1.79. The number of amides is 1. The molecule has 0 radical (unpaired) electrons. The molecule has 0 saturated heterocycles. The van der Waals surface area contributed by atoms with Crippen LogP contribution in [0.3, 0.4) is 0 Å².